The summed E-state index contributed by atoms with van der Waals surface area (Å²) in [6.45, 7) is 0.0751. The van der Waals surface area contributed by atoms with E-state index < -0.39 is 36.0 Å². The number of phenols is 2. The molecule has 1 aliphatic rings. The number of carboxylic acid groups (broad SMARTS) is 1. The molecule has 3 aromatic rings. The minimum atomic E-state index is -1.17. The first kappa shape index (κ1) is 20.3. The largest absolute Gasteiger partial charge is 0.504 e. The van der Waals surface area contributed by atoms with Crippen molar-refractivity contribution in [3.63, 3.8) is 0 Å². The third-order valence-corrected chi connectivity index (χ3v) is 5.44. The molecule has 7 nitrogen and oxygen atoms in total. The van der Waals surface area contributed by atoms with Crippen molar-refractivity contribution in [2.75, 3.05) is 6.61 Å². The molecule has 1 amide bonds. The number of fused-ring (bicyclic) bond motifs is 3. The molecule has 4 rings (SSSR count). The molecule has 7 heteroatoms. The molecule has 4 N–H and O–H groups in total. The first-order valence-electron chi connectivity index (χ1n) is 9.80. The van der Waals surface area contributed by atoms with Gasteiger partial charge in [0.2, 0.25) is 0 Å². The number of carbonyl (C=O) groups is 2. The molecule has 0 heterocycles. The highest BCUT2D eigenvalue weighted by atomic mass is 16.5. The van der Waals surface area contributed by atoms with Gasteiger partial charge in [0.05, 0.1) is 12.5 Å². The Morgan fingerprint density at radius 1 is 0.903 bits per heavy atom. The number of rotatable bonds is 6. The Kier molecular flexibility index (Phi) is 5.49. The molecule has 0 spiro atoms. The van der Waals surface area contributed by atoms with Crippen molar-refractivity contribution >= 4 is 12.1 Å². The summed E-state index contributed by atoms with van der Waals surface area (Å²) in [5.74, 6) is -2.19. The summed E-state index contributed by atoms with van der Waals surface area (Å²) in [6, 6.07) is 18.9. The molecule has 0 aromatic heterocycles. The zero-order chi connectivity index (χ0) is 22.0. The smallest absolute Gasteiger partial charge is 0.407 e. The maximum Gasteiger partial charge on any atom is 0.407 e. The maximum atomic E-state index is 12.5. The number of benzene rings is 3. The van der Waals surface area contributed by atoms with Crippen LogP contribution in [0.4, 0.5) is 4.79 Å². The van der Waals surface area contributed by atoms with Gasteiger partial charge in [-0.1, -0.05) is 60.7 Å². The molecule has 0 radical (unpaired) electrons. The zero-order valence-corrected chi connectivity index (χ0v) is 16.5. The predicted octanol–water partition coefficient (Wildman–Crippen LogP) is 4.15. The van der Waals surface area contributed by atoms with Gasteiger partial charge in [0.15, 0.2) is 11.5 Å². The maximum absolute atomic E-state index is 12.5. The first-order valence-corrected chi connectivity index (χ1v) is 9.80. The third-order valence-electron chi connectivity index (χ3n) is 5.44. The second-order valence-electron chi connectivity index (χ2n) is 7.34. The van der Waals surface area contributed by atoms with Crippen molar-refractivity contribution in [1.82, 2.24) is 5.32 Å². The number of hydrogen-bond donors (Lipinski definition) is 4. The fourth-order valence-corrected chi connectivity index (χ4v) is 4.03. The van der Waals surface area contributed by atoms with Crippen molar-refractivity contribution in [3.05, 3.63) is 83.4 Å². The summed E-state index contributed by atoms with van der Waals surface area (Å²) in [4.78, 5) is 23.8. The van der Waals surface area contributed by atoms with Crippen LogP contribution in [0, 0.1) is 0 Å². The fraction of sp³-hybridized carbons (Fsp3) is 0.167. The van der Waals surface area contributed by atoms with Crippen molar-refractivity contribution in [3.8, 4) is 22.6 Å². The summed E-state index contributed by atoms with van der Waals surface area (Å²) in [5.41, 5.74) is 4.41. The lowest BCUT2D eigenvalue weighted by Crippen LogP contribution is -2.31. The number of para-hydroxylation sites is 1. The summed E-state index contributed by atoms with van der Waals surface area (Å²) in [6.07, 6.45) is -1.29. The number of carboxylic acids is 1. The molecule has 0 fully saturated rings. The van der Waals surface area contributed by atoms with Gasteiger partial charge < -0.3 is 25.4 Å². The molecule has 0 bridgehead atoms. The number of alkyl carbamates (subject to hydrolysis) is 1. The van der Waals surface area contributed by atoms with Crippen molar-refractivity contribution in [1.29, 1.82) is 0 Å². The molecule has 0 saturated heterocycles. The average molecular weight is 419 g/mol. The lowest BCUT2D eigenvalue weighted by Gasteiger charge is -2.20. The van der Waals surface area contributed by atoms with E-state index in [4.69, 9.17) is 4.74 Å². The highest BCUT2D eigenvalue weighted by Crippen LogP contribution is 2.44. The summed E-state index contributed by atoms with van der Waals surface area (Å²) >= 11 is 0. The van der Waals surface area contributed by atoms with Crippen LogP contribution in [0.15, 0.2) is 66.7 Å². The summed E-state index contributed by atoms with van der Waals surface area (Å²) in [5, 5.41) is 31.5. The van der Waals surface area contributed by atoms with E-state index in [0.29, 0.717) is 0 Å². The van der Waals surface area contributed by atoms with E-state index in [1.54, 1.807) is 0 Å². The number of hydrogen-bond acceptors (Lipinski definition) is 5. The number of ether oxygens (including phenoxy) is 1. The van der Waals surface area contributed by atoms with E-state index in [0.717, 1.165) is 22.3 Å². The fourth-order valence-electron chi connectivity index (χ4n) is 4.03. The Morgan fingerprint density at radius 3 is 2.13 bits per heavy atom. The van der Waals surface area contributed by atoms with Crippen molar-refractivity contribution < 1.29 is 29.6 Å². The van der Waals surface area contributed by atoms with Crippen LogP contribution in [0.3, 0.4) is 0 Å². The summed E-state index contributed by atoms with van der Waals surface area (Å²) in [7, 11) is 0. The topological polar surface area (TPSA) is 116 Å². The predicted molar refractivity (Wildman–Crippen MR) is 113 cm³/mol. The molecule has 31 heavy (non-hydrogen) atoms. The van der Waals surface area contributed by atoms with Crippen LogP contribution < -0.4 is 5.32 Å². The van der Waals surface area contributed by atoms with Gasteiger partial charge in [0.1, 0.15) is 6.61 Å². The van der Waals surface area contributed by atoms with Crippen LogP contribution in [0.25, 0.3) is 11.1 Å². The standard InChI is InChI=1S/C24H21NO6/c26-21-11-5-10-18(23(21)29)20(12-22(27)28)25-24(30)31-13-19-16-8-3-1-6-14(16)15-7-2-4-9-17(15)19/h1-11,19-20,26,29H,12-13H2,(H,25,30)(H,27,28). The second-order valence-corrected chi connectivity index (χ2v) is 7.34. The lowest BCUT2D eigenvalue weighted by molar-refractivity contribution is -0.137. The molecule has 0 saturated carbocycles. The SMILES string of the molecule is O=C(O)CC(NC(=O)OCC1c2ccccc2-c2ccccc21)c1cccc(O)c1O. The molecule has 1 aliphatic carbocycles. The Morgan fingerprint density at radius 2 is 1.52 bits per heavy atom. The molecule has 158 valence electrons. The minimum Gasteiger partial charge on any atom is -0.504 e. The number of carbonyl (C=O) groups excluding carboxylic acids is 1. The van der Waals surface area contributed by atoms with Crippen LogP contribution in [-0.4, -0.2) is 34.0 Å². The van der Waals surface area contributed by atoms with Crippen LogP contribution in [-0.2, 0) is 9.53 Å². The van der Waals surface area contributed by atoms with Gasteiger partial charge in [-0.15, -0.1) is 0 Å². The van der Waals surface area contributed by atoms with E-state index in [1.165, 1.54) is 18.2 Å². The first-order chi connectivity index (χ1) is 15.0. The quantitative estimate of drug-likeness (QED) is 0.446. The molecule has 1 unspecified atom stereocenters. The van der Waals surface area contributed by atoms with Gasteiger partial charge in [-0.2, -0.15) is 0 Å². The molecule has 1 atom stereocenters. The van der Waals surface area contributed by atoms with E-state index in [2.05, 4.69) is 5.32 Å². The van der Waals surface area contributed by atoms with E-state index in [9.17, 15) is 24.9 Å². The molecular weight excluding hydrogens is 398 g/mol. The number of aromatic hydroxyl groups is 2. The highest BCUT2D eigenvalue weighted by molar-refractivity contribution is 5.79. The number of amides is 1. The normalized spacial score (nSPS) is 13.2. The monoisotopic (exact) mass is 419 g/mol. The molecular formula is C24H21NO6. The number of nitrogens with one attached hydrogen (secondary N) is 1. The van der Waals surface area contributed by atoms with Gasteiger partial charge in [-0.3, -0.25) is 4.79 Å². The van der Waals surface area contributed by atoms with Crippen LogP contribution in [0.2, 0.25) is 0 Å². The van der Waals surface area contributed by atoms with Gasteiger partial charge in [-0.05, 0) is 28.3 Å². The van der Waals surface area contributed by atoms with Crippen LogP contribution in [0.1, 0.15) is 35.1 Å². The molecule has 3 aromatic carbocycles. The lowest BCUT2D eigenvalue weighted by atomic mass is 9.98. The third kappa shape index (κ3) is 4.02. The van der Waals surface area contributed by atoms with Gasteiger partial charge in [0.25, 0.3) is 0 Å². The average Bonchev–Trinajstić information content (AvgIpc) is 3.07. The van der Waals surface area contributed by atoms with Crippen LogP contribution in [0.5, 0.6) is 11.5 Å². The van der Waals surface area contributed by atoms with E-state index >= 15 is 0 Å². The Hall–Kier alpha value is -4.00. The van der Waals surface area contributed by atoms with E-state index in [1.807, 2.05) is 48.5 Å². The van der Waals surface area contributed by atoms with Gasteiger partial charge in [-0.25, -0.2) is 4.79 Å². The number of phenolic OH excluding ortho intramolecular Hbond substituents is 2. The summed E-state index contributed by atoms with van der Waals surface area (Å²) < 4.78 is 5.46. The van der Waals surface area contributed by atoms with Gasteiger partial charge >= 0.3 is 12.1 Å². The Labute approximate surface area is 178 Å². The number of aliphatic carboxylic acids is 1. The second kappa shape index (κ2) is 8.39. The van der Waals surface area contributed by atoms with Crippen molar-refractivity contribution in [2.45, 2.75) is 18.4 Å². The Bertz CT molecular complexity index is 1100. The van der Waals surface area contributed by atoms with Crippen LogP contribution >= 0.6 is 0 Å². The molecule has 0 aliphatic heterocycles. The highest BCUT2D eigenvalue weighted by Gasteiger charge is 2.30. The van der Waals surface area contributed by atoms with Crippen molar-refractivity contribution in [2.24, 2.45) is 0 Å². The Balaban J connectivity index is 1.50. The zero-order valence-electron chi connectivity index (χ0n) is 16.5. The van der Waals surface area contributed by atoms with Gasteiger partial charge in [0, 0.05) is 11.5 Å². The van der Waals surface area contributed by atoms with E-state index in [-0.39, 0.29) is 18.1 Å². The minimum absolute atomic E-state index is 0.0751.